The number of esters is 1. The monoisotopic (exact) mass is 426 g/mol. The van der Waals surface area contributed by atoms with Crippen molar-refractivity contribution in [1.29, 1.82) is 0 Å². The van der Waals surface area contributed by atoms with Crippen LogP contribution >= 0.6 is 0 Å². The maximum absolute atomic E-state index is 14.2. The summed E-state index contributed by atoms with van der Waals surface area (Å²) in [6.45, 7) is 5.67. The normalized spacial score (nSPS) is 12.2. The van der Waals surface area contributed by atoms with E-state index in [-0.39, 0.29) is 23.8 Å². The van der Waals surface area contributed by atoms with Crippen molar-refractivity contribution in [3.63, 3.8) is 0 Å². The van der Waals surface area contributed by atoms with Gasteiger partial charge in [0.25, 0.3) is 11.8 Å². The molecule has 164 valence electrons. The first-order valence-electron chi connectivity index (χ1n) is 10.1. The Hall–Kier alpha value is -3.48. The molecule has 0 fully saturated rings. The standard InChI is InChI=1S/C24H27FN2O4/c1-4-31-24(30)21(14-16(2)3)27-23(29)20(15-18-12-8-9-13-19(18)25)26-22(28)17-10-6-5-7-11-17/h5-13,15-16,21H,4,14H2,1-3H3,(H,26,28)(H,27,29)/b20-15+/t21-/m0/s1. The average Bonchev–Trinajstić information content (AvgIpc) is 2.74. The summed E-state index contributed by atoms with van der Waals surface area (Å²) < 4.78 is 19.2. The molecule has 0 bridgehead atoms. The van der Waals surface area contributed by atoms with E-state index >= 15 is 0 Å². The molecule has 6 nitrogen and oxygen atoms in total. The van der Waals surface area contributed by atoms with Gasteiger partial charge in [0.05, 0.1) is 6.61 Å². The summed E-state index contributed by atoms with van der Waals surface area (Å²) in [6, 6.07) is 13.3. The lowest BCUT2D eigenvalue weighted by Gasteiger charge is -2.20. The zero-order valence-electron chi connectivity index (χ0n) is 17.9. The van der Waals surface area contributed by atoms with Gasteiger partial charge in [0, 0.05) is 11.1 Å². The topological polar surface area (TPSA) is 84.5 Å². The van der Waals surface area contributed by atoms with E-state index in [2.05, 4.69) is 10.6 Å². The quantitative estimate of drug-likeness (QED) is 0.473. The smallest absolute Gasteiger partial charge is 0.328 e. The van der Waals surface area contributed by atoms with Gasteiger partial charge in [0.2, 0.25) is 0 Å². The lowest BCUT2D eigenvalue weighted by Crippen LogP contribution is -2.45. The molecule has 0 unspecified atom stereocenters. The van der Waals surface area contributed by atoms with Crippen molar-refractivity contribution in [2.75, 3.05) is 6.61 Å². The lowest BCUT2D eigenvalue weighted by molar-refractivity contribution is -0.147. The summed E-state index contributed by atoms with van der Waals surface area (Å²) in [5.41, 5.74) is 0.272. The predicted octanol–water partition coefficient (Wildman–Crippen LogP) is 3.69. The molecule has 0 aliphatic carbocycles. The highest BCUT2D eigenvalue weighted by atomic mass is 19.1. The predicted molar refractivity (Wildman–Crippen MR) is 116 cm³/mol. The summed E-state index contributed by atoms with van der Waals surface area (Å²) in [4.78, 5) is 37.9. The second-order valence-electron chi connectivity index (χ2n) is 7.31. The van der Waals surface area contributed by atoms with Gasteiger partial charge in [-0.3, -0.25) is 9.59 Å². The number of ether oxygens (including phenoxy) is 1. The molecule has 2 rings (SSSR count). The summed E-state index contributed by atoms with van der Waals surface area (Å²) >= 11 is 0. The van der Waals surface area contributed by atoms with E-state index in [1.807, 2.05) is 13.8 Å². The van der Waals surface area contributed by atoms with Crippen molar-refractivity contribution in [2.24, 2.45) is 5.92 Å². The van der Waals surface area contributed by atoms with Gasteiger partial charge >= 0.3 is 5.97 Å². The maximum Gasteiger partial charge on any atom is 0.328 e. The SMILES string of the molecule is CCOC(=O)[C@H](CC(C)C)NC(=O)/C(=C\c1ccccc1F)NC(=O)c1ccccc1. The Labute approximate surface area is 181 Å². The Morgan fingerprint density at radius 2 is 1.68 bits per heavy atom. The van der Waals surface area contributed by atoms with Gasteiger partial charge in [-0.05, 0) is 43.5 Å². The molecular weight excluding hydrogens is 399 g/mol. The number of carbonyl (C=O) groups is 3. The minimum absolute atomic E-state index is 0.104. The number of halogens is 1. The molecular formula is C24H27FN2O4. The van der Waals surface area contributed by atoms with E-state index in [0.717, 1.165) is 0 Å². The number of hydrogen-bond acceptors (Lipinski definition) is 4. The molecule has 2 N–H and O–H groups in total. The highest BCUT2D eigenvalue weighted by molar-refractivity contribution is 6.06. The first kappa shape index (κ1) is 23.8. The minimum Gasteiger partial charge on any atom is -0.464 e. The number of benzene rings is 2. The first-order valence-corrected chi connectivity index (χ1v) is 10.1. The van der Waals surface area contributed by atoms with E-state index in [4.69, 9.17) is 4.74 Å². The number of hydrogen-bond donors (Lipinski definition) is 2. The molecule has 0 spiro atoms. The molecule has 31 heavy (non-hydrogen) atoms. The third kappa shape index (κ3) is 7.37. The third-order valence-electron chi connectivity index (χ3n) is 4.32. The van der Waals surface area contributed by atoms with Crippen molar-refractivity contribution >= 4 is 23.9 Å². The molecule has 0 aromatic heterocycles. The van der Waals surface area contributed by atoms with Crippen LogP contribution < -0.4 is 10.6 Å². The fourth-order valence-electron chi connectivity index (χ4n) is 2.85. The van der Waals surface area contributed by atoms with Crippen LogP contribution in [0.25, 0.3) is 6.08 Å². The number of carbonyl (C=O) groups excluding carboxylic acids is 3. The second-order valence-corrected chi connectivity index (χ2v) is 7.31. The number of rotatable bonds is 9. The molecule has 0 aliphatic heterocycles. The highest BCUT2D eigenvalue weighted by Gasteiger charge is 2.25. The van der Waals surface area contributed by atoms with Crippen LogP contribution in [0.4, 0.5) is 4.39 Å². The first-order chi connectivity index (χ1) is 14.8. The van der Waals surface area contributed by atoms with Crippen LogP contribution in [0.3, 0.4) is 0 Å². The minimum atomic E-state index is -0.898. The van der Waals surface area contributed by atoms with Crippen LogP contribution in [-0.2, 0) is 14.3 Å². The van der Waals surface area contributed by atoms with Crippen LogP contribution in [0.2, 0.25) is 0 Å². The zero-order chi connectivity index (χ0) is 22.8. The van der Waals surface area contributed by atoms with Crippen LogP contribution in [0, 0.1) is 11.7 Å². The van der Waals surface area contributed by atoms with Gasteiger partial charge in [-0.15, -0.1) is 0 Å². The molecule has 0 radical (unpaired) electrons. The second kappa shape index (κ2) is 11.6. The molecule has 2 amide bonds. The Balaban J connectivity index is 2.34. The van der Waals surface area contributed by atoms with E-state index in [9.17, 15) is 18.8 Å². The Bertz CT molecular complexity index is 942. The van der Waals surface area contributed by atoms with Gasteiger partial charge in [-0.2, -0.15) is 0 Å². The van der Waals surface area contributed by atoms with Gasteiger partial charge in [0.15, 0.2) is 0 Å². The summed E-state index contributed by atoms with van der Waals surface area (Å²) in [6.07, 6.45) is 1.59. The summed E-state index contributed by atoms with van der Waals surface area (Å²) in [5, 5.41) is 5.14. The maximum atomic E-state index is 14.2. The molecule has 7 heteroatoms. The van der Waals surface area contributed by atoms with Gasteiger partial charge in [-0.25, -0.2) is 9.18 Å². The summed E-state index contributed by atoms with van der Waals surface area (Å²) in [5.74, 6) is -2.26. The van der Waals surface area contributed by atoms with Crippen LogP contribution in [0.15, 0.2) is 60.3 Å². The number of nitrogens with one attached hydrogen (secondary N) is 2. The number of amides is 2. The lowest BCUT2D eigenvalue weighted by atomic mass is 10.0. The van der Waals surface area contributed by atoms with Gasteiger partial charge in [0.1, 0.15) is 17.6 Å². The van der Waals surface area contributed by atoms with Crippen LogP contribution in [-0.4, -0.2) is 30.4 Å². The molecule has 2 aromatic carbocycles. The van der Waals surface area contributed by atoms with Gasteiger partial charge in [-0.1, -0.05) is 50.2 Å². The van der Waals surface area contributed by atoms with Crippen LogP contribution in [0.5, 0.6) is 0 Å². The zero-order valence-corrected chi connectivity index (χ0v) is 17.9. The average molecular weight is 426 g/mol. The Morgan fingerprint density at radius 1 is 1.03 bits per heavy atom. The van der Waals surface area contributed by atoms with Crippen molar-refractivity contribution in [1.82, 2.24) is 10.6 Å². The van der Waals surface area contributed by atoms with Gasteiger partial charge < -0.3 is 15.4 Å². The molecule has 2 aromatic rings. The van der Waals surface area contributed by atoms with Crippen molar-refractivity contribution in [2.45, 2.75) is 33.2 Å². The fraction of sp³-hybridized carbons (Fsp3) is 0.292. The highest BCUT2D eigenvalue weighted by Crippen LogP contribution is 2.13. The fourth-order valence-corrected chi connectivity index (χ4v) is 2.85. The van der Waals surface area contributed by atoms with E-state index in [0.29, 0.717) is 12.0 Å². The Kier molecular flexibility index (Phi) is 8.94. The van der Waals surface area contributed by atoms with Crippen molar-refractivity contribution in [3.05, 3.63) is 77.2 Å². The Morgan fingerprint density at radius 3 is 2.29 bits per heavy atom. The third-order valence-corrected chi connectivity index (χ3v) is 4.32. The molecule has 0 saturated carbocycles. The van der Waals surface area contributed by atoms with E-state index in [1.165, 1.54) is 24.3 Å². The molecule has 0 heterocycles. The molecule has 1 atom stereocenters. The van der Waals surface area contributed by atoms with Crippen LogP contribution in [0.1, 0.15) is 43.1 Å². The summed E-state index contributed by atoms with van der Waals surface area (Å²) in [7, 11) is 0. The molecule has 0 aliphatic rings. The van der Waals surface area contributed by atoms with E-state index < -0.39 is 29.6 Å². The largest absolute Gasteiger partial charge is 0.464 e. The molecule has 0 saturated heterocycles. The van der Waals surface area contributed by atoms with E-state index in [1.54, 1.807) is 43.3 Å². The van der Waals surface area contributed by atoms with Crippen molar-refractivity contribution in [3.8, 4) is 0 Å². The van der Waals surface area contributed by atoms with Crippen molar-refractivity contribution < 1.29 is 23.5 Å².